The van der Waals surface area contributed by atoms with Gasteiger partial charge in [0.1, 0.15) is 29.8 Å². The lowest BCUT2D eigenvalue weighted by Crippen LogP contribution is -3.14. The van der Waals surface area contributed by atoms with Crippen molar-refractivity contribution in [3.8, 4) is 5.75 Å². The van der Waals surface area contributed by atoms with E-state index in [2.05, 4.69) is 190 Å². The van der Waals surface area contributed by atoms with E-state index in [1.54, 1.807) is 60.8 Å². The van der Waals surface area contributed by atoms with Crippen molar-refractivity contribution >= 4 is 5.69 Å². The van der Waals surface area contributed by atoms with Gasteiger partial charge in [0.15, 0.2) is 6.17 Å². The van der Waals surface area contributed by atoms with Crippen LogP contribution in [-0.2, 0) is 5.54 Å². The standard InChI is InChI=1S/C66H82N4O/c1-37(2)45-23-19-24-46(38(3)4)55(45)51-35-67-44-29-40(62(5,6)7)28-42(30-44)64(11,12)36-65(13,39-20-15-14-16-21-39)43-33-54-68(34-43)66-57-52(27-26-48-47-22-17-18-25-49(47)70(54)60(48)57)71-53-32-41(63(8,9)10)31-50-56(53)58(66)59(66)61(67)69(50)51/h17-20,22-28,30-31,34,37-38,40,47,49,51,53-54,58-59,61H,14-16,21,29,32-33,35-36H2,1-13H3/p+1. The Morgan fingerprint density at radius 3 is 2.31 bits per heavy atom. The van der Waals surface area contributed by atoms with E-state index in [-0.39, 0.29) is 51.7 Å². The molecule has 2 aromatic rings. The molecule has 5 heteroatoms. The second kappa shape index (κ2) is 14.6. The summed E-state index contributed by atoms with van der Waals surface area (Å²) in [5.74, 6) is 3.55. The highest BCUT2D eigenvalue weighted by Crippen LogP contribution is 2.78. The first-order valence-electron chi connectivity index (χ1n) is 28.5. The van der Waals surface area contributed by atoms with Gasteiger partial charge in [-0.1, -0.05) is 162 Å². The molecule has 1 spiro atoms. The summed E-state index contributed by atoms with van der Waals surface area (Å²) < 4.78 is 7.90. The number of hydrogen-bond donors (Lipinski definition) is 1. The quantitative estimate of drug-likeness (QED) is 0.309. The molecule has 372 valence electrons. The van der Waals surface area contributed by atoms with Crippen LogP contribution in [0.15, 0.2) is 124 Å². The molecule has 2 aromatic carbocycles. The van der Waals surface area contributed by atoms with Gasteiger partial charge in [0.25, 0.3) is 0 Å². The second-order valence-corrected chi connectivity index (χ2v) is 28.3. The summed E-state index contributed by atoms with van der Waals surface area (Å²) in [4.78, 5) is 10.9. The zero-order chi connectivity index (χ0) is 49.2. The summed E-state index contributed by atoms with van der Waals surface area (Å²) in [5, 5.41) is 0. The monoisotopic (exact) mass is 948 g/mol. The Kier molecular flexibility index (Phi) is 9.31. The molecule has 5 nitrogen and oxygen atoms in total. The van der Waals surface area contributed by atoms with Gasteiger partial charge >= 0.3 is 0 Å². The van der Waals surface area contributed by atoms with Gasteiger partial charge in [-0.3, -0.25) is 4.90 Å². The minimum Gasteiger partial charge on any atom is -0.485 e. The Morgan fingerprint density at radius 1 is 0.845 bits per heavy atom. The van der Waals surface area contributed by atoms with Crippen molar-refractivity contribution < 1.29 is 9.64 Å². The van der Waals surface area contributed by atoms with Crippen LogP contribution in [0, 0.1) is 39.4 Å². The number of benzene rings is 2. The average Bonchev–Trinajstić information content (AvgIpc) is 3.59. The van der Waals surface area contributed by atoms with Crippen molar-refractivity contribution in [3.05, 3.63) is 152 Å². The summed E-state index contributed by atoms with van der Waals surface area (Å²) in [6.07, 6.45) is 33.5. The molecule has 14 rings (SSSR count). The molecule has 0 aromatic heterocycles. The van der Waals surface area contributed by atoms with E-state index in [9.17, 15) is 0 Å². The predicted molar refractivity (Wildman–Crippen MR) is 290 cm³/mol. The molecule has 0 amide bonds. The first kappa shape index (κ1) is 45.2. The van der Waals surface area contributed by atoms with Gasteiger partial charge in [-0.25, -0.2) is 0 Å². The van der Waals surface area contributed by atoms with Crippen LogP contribution in [0.4, 0.5) is 5.69 Å². The van der Waals surface area contributed by atoms with Crippen molar-refractivity contribution in [1.29, 1.82) is 0 Å². The normalized spacial score (nSPS) is 37.3. The van der Waals surface area contributed by atoms with Crippen LogP contribution in [0.5, 0.6) is 5.75 Å². The van der Waals surface area contributed by atoms with Crippen LogP contribution in [0.3, 0.4) is 0 Å². The molecule has 71 heavy (non-hydrogen) atoms. The lowest BCUT2D eigenvalue weighted by Gasteiger charge is -2.50. The number of rotatable bonds is 4. The zero-order valence-corrected chi connectivity index (χ0v) is 45.5. The smallest absolute Gasteiger partial charge is 0.174 e. The van der Waals surface area contributed by atoms with E-state index in [4.69, 9.17) is 4.74 Å². The maximum atomic E-state index is 7.90. The number of anilines is 1. The minimum absolute atomic E-state index is 0.0107. The molecule has 7 aliphatic heterocycles. The Labute approximate surface area is 427 Å². The van der Waals surface area contributed by atoms with E-state index in [0.717, 1.165) is 38.0 Å². The molecule has 1 saturated carbocycles. The van der Waals surface area contributed by atoms with E-state index < -0.39 is 0 Å². The van der Waals surface area contributed by atoms with Crippen LogP contribution in [0.25, 0.3) is 0 Å². The third-order valence-electron chi connectivity index (χ3n) is 21.3. The first-order valence-corrected chi connectivity index (χ1v) is 28.5. The maximum absolute atomic E-state index is 7.90. The van der Waals surface area contributed by atoms with Crippen molar-refractivity contribution in [1.82, 2.24) is 9.80 Å². The fraction of sp³-hybridized carbons (Fsp3) is 0.576. The Hall–Kier alpha value is -4.48. The van der Waals surface area contributed by atoms with Gasteiger partial charge in [0.2, 0.25) is 0 Å². The average molecular weight is 948 g/mol. The van der Waals surface area contributed by atoms with Gasteiger partial charge < -0.3 is 19.4 Å². The van der Waals surface area contributed by atoms with Gasteiger partial charge in [0.05, 0.1) is 29.7 Å². The SMILES string of the molecule is CC(C)c1cccc(C(C)C)c1C1CN2C3=CC(=CC(C(C)(C)C)C3)C(C)(C)CC(C)(C3=CCCCC3)C3=CN4C(C3)N3c5c(ccc6c5C45C4C7=C(C=C(C(C)(C)C)CC7O6)[NH+]1C2C45)C1C=CC=CC13. The van der Waals surface area contributed by atoms with E-state index in [1.807, 2.05) is 0 Å². The van der Waals surface area contributed by atoms with E-state index in [1.165, 1.54) is 42.5 Å². The van der Waals surface area contributed by atoms with E-state index in [0.29, 0.717) is 41.5 Å². The van der Waals surface area contributed by atoms with Crippen LogP contribution >= 0.6 is 0 Å². The number of nitrogens with zero attached hydrogens (tertiary/aromatic N) is 3. The molecule has 12 atom stereocenters. The highest BCUT2D eigenvalue weighted by atomic mass is 16.5. The molecular weight excluding hydrogens is 865 g/mol. The predicted octanol–water partition coefficient (Wildman–Crippen LogP) is 14.2. The second-order valence-electron chi connectivity index (χ2n) is 28.3. The Balaban J connectivity index is 1.11. The highest BCUT2D eigenvalue weighted by molar-refractivity contribution is 5.80. The largest absolute Gasteiger partial charge is 0.485 e. The Morgan fingerprint density at radius 2 is 1.61 bits per heavy atom. The molecule has 2 fully saturated rings. The maximum Gasteiger partial charge on any atom is 0.174 e. The fourth-order valence-corrected chi connectivity index (χ4v) is 17.9. The number of allylic oxidation sites excluding steroid dienone is 9. The summed E-state index contributed by atoms with van der Waals surface area (Å²) in [6, 6.07) is 12.9. The third kappa shape index (κ3) is 5.91. The Bertz CT molecular complexity index is 2920. The fourth-order valence-electron chi connectivity index (χ4n) is 17.9. The van der Waals surface area contributed by atoms with Crippen molar-refractivity contribution in [2.45, 2.75) is 195 Å². The van der Waals surface area contributed by atoms with Gasteiger partial charge in [-0.2, -0.15) is 0 Å². The van der Waals surface area contributed by atoms with Crippen LogP contribution in [-0.4, -0.2) is 40.8 Å². The molecule has 5 aliphatic carbocycles. The molecule has 0 radical (unpaired) electrons. The topological polar surface area (TPSA) is 23.4 Å². The number of ether oxygens (including phenoxy) is 1. The minimum atomic E-state index is -0.228. The summed E-state index contributed by atoms with van der Waals surface area (Å²) in [7, 11) is 0. The molecule has 4 bridgehead atoms. The summed E-state index contributed by atoms with van der Waals surface area (Å²) in [5.41, 5.74) is 20.4. The van der Waals surface area contributed by atoms with Crippen molar-refractivity contribution in [2.75, 3.05) is 11.4 Å². The molecular formula is C66H83N4O+. The molecule has 1 N–H and O–H groups in total. The van der Waals surface area contributed by atoms with Crippen molar-refractivity contribution in [3.63, 3.8) is 0 Å². The highest BCUT2D eigenvalue weighted by Gasteiger charge is 2.85. The first-order chi connectivity index (χ1) is 33.7. The molecule has 7 heterocycles. The number of hydrogen-bond acceptors (Lipinski definition) is 4. The van der Waals surface area contributed by atoms with Crippen LogP contribution in [0.2, 0.25) is 0 Å². The van der Waals surface area contributed by atoms with Gasteiger partial charge in [-0.05, 0) is 119 Å². The van der Waals surface area contributed by atoms with Crippen molar-refractivity contribution in [2.24, 2.45) is 39.4 Å². The number of quaternary nitrogens is 1. The molecule has 12 unspecified atom stereocenters. The lowest BCUT2D eigenvalue weighted by molar-refractivity contribution is -0.912. The van der Waals surface area contributed by atoms with Crippen LogP contribution < -0.4 is 14.5 Å². The molecule has 1 saturated heterocycles. The summed E-state index contributed by atoms with van der Waals surface area (Å²) >= 11 is 0. The van der Waals surface area contributed by atoms with Gasteiger partial charge in [-0.15, -0.1) is 0 Å². The lowest BCUT2D eigenvalue weighted by atomic mass is 9.60. The zero-order valence-electron chi connectivity index (χ0n) is 45.5. The third-order valence-corrected chi connectivity index (χ3v) is 21.3. The molecule has 12 aliphatic rings. The number of nitrogens with one attached hydrogen (secondary N) is 1. The van der Waals surface area contributed by atoms with Gasteiger partial charge in [0, 0.05) is 58.7 Å². The number of fused-ring (bicyclic) bond motifs is 7. The van der Waals surface area contributed by atoms with E-state index >= 15 is 0 Å². The van der Waals surface area contributed by atoms with Crippen LogP contribution in [0.1, 0.15) is 193 Å². The summed E-state index contributed by atoms with van der Waals surface area (Å²) in [6.45, 7) is 33.8.